The lowest BCUT2D eigenvalue weighted by atomic mass is 10.1. The fourth-order valence-electron chi connectivity index (χ4n) is 2.55. The first kappa shape index (κ1) is 15.8. The predicted molar refractivity (Wildman–Crippen MR) is 87.6 cm³/mol. The van der Waals surface area contributed by atoms with Gasteiger partial charge in [-0.1, -0.05) is 36.4 Å². The van der Waals surface area contributed by atoms with Crippen LogP contribution in [0, 0.1) is 0 Å². The van der Waals surface area contributed by atoms with E-state index in [2.05, 4.69) is 39.1 Å². The van der Waals surface area contributed by atoms with Crippen LogP contribution in [0.2, 0.25) is 0 Å². The second-order valence-corrected chi connectivity index (χ2v) is 5.88. The molecule has 0 saturated heterocycles. The Labute approximate surface area is 127 Å². The number of aliphatic hydroxyl groups excluding tert-OH is 1. The van der Waals surface area contributed by atoms with Crippen LogP contribution in [0.15, 0.2) is 42.5 Å². The second-order valence-electron chi connectivity index (χ2n) is 5.88. The van der Waals surface area contributed by atoms with Crippen LogP contribution in [0.3, 0.4) is 0 Å². The molecule has 3 nitrogen and oxygen atoms in total. The number of nitrogens with zero attached hydrogens (tertiary/aromatic N) is 1. The average molecular weight is 288 g/mol. The Morgan fingerprint density at radius 3 is 2.43 bits per heavy atom. The molecule has 1 atom stereocenters. The van der Waals surface area contributed by atoms with Gasteiger partial charge in [-0.3, -0.25) is 0 Å². The lowest BCUT2D eigenvalue weighted by Crippen LogP contribution is -2.49. The molecule has 1 unspecified atom stereocenters. The van der Waals surface area contributed by atoms with Gasteiger partial charge in [0.05, 0.1) is 20.1 Å². The molecule has 0 aliphatic carbocycles. The molecule has 0 aromatic heterocycles. The highest BCUT2D eigenvalue weighted by Gasteiger charge is 2.22. The van der Waals surface area contributed by atoms with Gasteiger partial charge in [0.2, 0.25) is 0 Å². The van der Waals surface area contributed by atoms with Crippen LogP contribution >= 0.6 is 0 Å². The van der Waals surface area contributed by atoms with Crippen LogP contribution in [0.5, 0.6) is 5.75 Å². The van der Waals surface area contributed by atoms with E-state index >= 15 is 0 Å². The topological polar surface area (TPSA) is 29.5 Å². The largest absolute Gasteiger partial charge is 0.490 e. The Morgan fingerprint density at radius 1 is 1.05 bits per heavy atom. The summed E-state index contributed by atoms with van der Waals surface area (Å²) in [6, 6.07) is 14.2. The Morgan fingerprint density at radius 2 is 1.71 bits per heavy atom. The number of ether oxygens (including phenoxy) is 1. The van der Waals surface area contributed by atoms with Crippen LogP contribution in [-0.2, 0) is 0 Å². The van der Waals surface area contributed by atoms with Crippen molar-refractivity contribution in [1.29, 1.82) is 0 Å². The Balaban J connectivity index is 2.02. The molecule has 2 aromatic carbocycles. The highest BCUT2D eigenvalue weighted by Crippen LogP contribution is 2.25. The van der Waals surface area contributed by atoms with E-state index in [0.29, 0.717) is 6.61 Å². The van der Waals surface area contributed by atoms with E-state index in [1.54, 1.807) is 0 Å². The fraction of sp³-hybridized carbons (Fsp3) is 0.444. The predicted octanol–water partition coefficient (Wildman–Crippen LogP) is 3.07. The molecule has 0 bridgehead atoms. The first-order valence-corrected chi connectivity index (χ1v) is 7.70. The third kappa shape index (κ3) is 3.96. The van der Waals surface area contributed by atoms with Crippen molar-refractivity contribution in [3.63, 3.8) is 0 Å². The SMILES string of the molecule is CC[N+](C)(CC)CC(O)COc1cccc2ccccc12. The van der Waals surface area contributed by atoms with Gasteiger partial charge in [0.1, 0.15) is 25.0 Å². The van der Waals surface area contributed by atoms with Crippen molar-refractivity contribution in [3.05, 3.63) is 42.5 Å². The summed E-state index contributed by atoms with van der Waals surface area (Å²) in [5.74, 6) is 0.842. The summed E-state index contributed by atoms with van der Waals surface area (Å²) in [5, 5.41) is 12.5. The molecule has 3 heteroatoms. The van der Waals surface area contributed by atoms with Gasteiger partial charge in [0.15, 0.2) is 0 Å². The molecule has 0 spiro atoms. The molecule has 114 valence electrons. The summed E-state index contributed by atoms with van der Waals surface area (Å²) in [6.07, 6.45) is -0.450. The Hall–Kier alpha value is -1.58. The van der Waals surface area contributed by atoms with Gasteiger partial charge in [-0.15, -0.1) is 0 Å². The smallest absolute Gasteiger partial charge is 0.137 e. The van der Waals surface area contributed by atoms with E-state index in [1.807, 2.05) is 24.3 Å². The molecule has 21 heavy (non-hydrogen) atoms. The molecule has 0 saturated carbocycles. The highest BCUT2D eigenvalue weighted by atomic mass is 16.5. The second kappa shape index (κ2) is 6.92. The molecule has 0 radical (unpaired) electrons. The summed E-state index contributed by atoms with van der Waals surface area (Å²) in [4.78, 5) is 0. The minimum atomic E-state index is -0.450. The molecular formula is C18H26NO2+. The summed E-state index contributed by atoms with van der Waals surface area (Å²) in [5.41, 5.74) is 0. The lowest BCUT2D eigenvalue weighted by molar-refractivity contribution is -0.909. The maximum Gasteiger partial charge on any atom is 0.137 e. The third-order valence-corrected chi connectivity index (χ3v) is 4.36. The first-order valence-electron chi connectivity index (χ1n) is 7.70. The van der Waals surface area contributed by atoms with Gasteiger partial charge < -0.3 is 14.3 Å². The maximum absolute atomic E-state index is 10.2. The van der Waals surface area contributed by atoms with Crippen LogP contribution in [-0.4, -0.2) is 49.0 Å². The zero-order chi connectivity index (χ0) is 15.3. The summed E-state index contributed by atoms with van der Waals surface area (Å²) < 4.78 is 6.72. The third-order valence-electron chi connectivity index (χ3n) is 4.36. The van der Waals surface area contributed by atoms with Gasteiger partial charge >= 0.3 is 0 Å². The van der Waals surface area contributed by atoms with Crippen molar-refractivity contribution in [2.45, 2.75) is 20.0 Å². The molecule has 0 fully saturated rings. The van der Waals surface area contributed by atoms with E-state index in [-0.39, 0.29) is 0 Å². The monoisotopic (exact) mass is 288 g/mol. The molecular weight excluding hydrogens is 262 g/mol. The number of hydrogen-bond donors (Lipinski definition) is 1. The van der Waals surface area contributed by atoms with Crippen molar-refractivity contribution in [3.8, 4) is 5.75 Å². The summed E-state index contributed by atoms with van der Waals surface area (Å²) >= 11 is 0. The number of rotatable bonds is 7. The van der Waals surface area contributed by atoms with E-state index in [4.69, 9.17) is 4.74 Å². The van der Waals surface area contributed by atoms with Crippen molar-refractivity contribution < 1.29 is 14.3 Å². The first-order chi connectivity index (χ1) is 10.1. The zero-order valence-electron chi connectivity index (χ0n) is 13.2. The molecule has 0 heterocycles. The van der Waals surface area contributed by atoms with Gasteiger partial charge in [-0.25, -0.2) is 0 Å². The van der Waals surface area contributed by atoms with Gasteiger partial charge in [0, 0.05) is 5.39 Å². The number of likely N-dealkylation sites (N-methyl/N-ethyl adjacent to an activating group) is 1. The van der Waals surface area contributed by atoms with Gasteiger partial charge in [-0.2, -0.15) is 0 Å². The number of fused-ring (bicyclic) bond motifs is 1. The van der Waals surface area contributed by atoms with Gasteiger partial charge in [-0.05, 0) is 25.3 Å². The van der Waals surface area contributed by atoms with E-state index in [0.717, 1.165) is 40.6 Å². The van der Waals surface area contributed by atoms with Crippen LogP contribution in [0.25, 0.3) is 10.8 Å². The quantitative estimate of drug-likeness (QED) is 0.793. The number of quaternary nitrogens is 1. The Bertz CT molecular complexity index is 573. The highest BCUT2D eigenvalue weighted by molar-refractivity contribution is 5.88. The van der Waals surface area contributed by atoms with E-state index in [9.17, 15) is 5.11 Å². The Kier molecular flexibility index (Phi) is 5.21. The summed E-state index contributed by atoms with van der Waals surface area (Å²) in [6.45, 7) is 7.40. The van der Waals surface area contributed by atoms with Crippen molar-refractivity contribution in [2.75, 3.05) is 33.3 Å². The normalized spacial score (nSPS) is 13.3. The maximum atomic E-state index is 10.2. The van der Waals surface area contributed by atoms with Crippen molar-refractivity contribution >= 4 is 10.8 Å². The number of hydrogen-bond acceptors (Lipinski definition) is 2. The van der Waals surface area contributed by atoms with Crippen molar-refractivity contribution in [2.24, 2.45) is 0 Å². The molecule has 2 rings (SSSR count). The standard InChI is InChI=1S/C18H26NO2/c1-4-19(3,5-2)13-16(20)14-21-18-12-8-10-15-9-6-7-11-17(15)18/h6-12,16,20H,4-5,13-14H2,1-3H3/q+1. The minimum Gasteiger partial charge on any atom is -0.490 e. The minimum absolute atomic E-state index is 0.335. The fourth-order valence-corrected chi connectivity index (χ4v) is 2.55. The number of benzene rings is 2. The molecule has 0 aliphatic heterocycles. The zero-order valence-corrected chi connectivity index (χ0v) is 13.2. The van der Waals surface area contributed by atoms with E-state index in [1.165, 1.54) is 0 Å². The molecule has 2 aromatic rings. The lowest BCUT2D eigenvalue weighted by Gasteiger charge is -2.33. The van der Waals surface area contributed by atoms with Crippen LogP contribution in [0.1, 0.15) is 13.8 Å². The molecule has 1 N–H and O–H groups in total. The van der Waals surface area contributed by atoms with Crippen LogP contribution < -0.4 is 4.74 Å². The number of aliphatic hydroxyl groups is 1. The molecule has 0 amide bonds. The van der Waals surface area contributed by atoms with E-state index < -0.39 is 6.10 Å². The molecule has 0 aliphatic rings. The van der Waals surface area contributed by atoms with Crippen LogP contribution in [0.4, 0.5) is 0 Å². The average Bonchev–Trinajstić information content (AvgIpc) is 2.52. The van der Waals surface area contributed by atoms with Crippen molar-refractivity contribution in [1.82, 2.24) is 0 Å². The van der Waals surface area contributed by atoms with Gasteiger partial charge in [0.25, 0.3) is 0 Å². The summed E-state index contributed by atoms with van der Waals surface area (Å²) in [7, 11) is 2.17.